The van der Waals surface area contributed by atoms with Crippen molar-refractivity contribution in [3.8, 4) is 0 Å². The molecule has 4 saturated carbocycles. The van der Waals surface area contributed by atoms with Gasteiger partial charge in [0.25, 0.3) is 0 Å². The van der Waals surface area contributed by atoms with Crippen LogP contribution in [-0.2, 0) is 0 Å². The van der Waals surface area contributed by atoms with E-state index in [4.69, 9.17) is 0 Å². The summed E-state index contributed by atoms with van der Waals surface area (Å²) >= 11 is 0. The van der Waals surface area contributed by atoms with Gasteiger partial charge in [0.05, 0.1) is 5.60 Å². The molecule has 4 rings (SSSR count). The first-order valence-corrected chi connectivity index (χ1v) is 6.26. The van der Waals surface area contributed by atoms with Crippen LogP contribution in [0.4, 0.5) is 0 Å². The summed E-state index contributed by atoms with van der Waals surface area (Å²) in [5, 5.41) is 10.2. The third-order valence-corrected chi connectivity index (χ3v) is 5.04. The molecule has 0 amide bonds. The molecule has 0 aromatic heterocycles. The molecule has 0 unspecified atom stereocenters. The van der Waals surface area contributed by atoms with Gasteiger partial charge in [-0.25, -0.2) is 0 Å². The summed E-state index contributed by atoms with van der Waals surface area (Å²) in [5.41, 5.74) is -0.428. The van der Waals surface area contributed by atoms with E-state index in [2.05, 4.69) is 0 Å². The lowest BCUT2D eigenvalue weighted by molar-refractivity contribution is -0.126. The van der Waals surface area contributed by atoms with Crippen LogP contribution in [0.3, 0.4) is 0 Å². The zero-order chi connectivity index (χ0) is 9.92. The number of aliphatic hydroxyl groups is 1. The van der Waals surface area contributed by atoms with Gasteiger partial charge < -0.3 is 5.11 Å². The average molecular weight is 194 g/mol. The molecule has 0 heterocycles. The predicted molar refractivity (Wildman–Crippen MR) is 56.8 cm³/mol. The largest absolute Gasteiger partial charge is 0.390 e. The van der Waals surface area contributed by atoms with E-state index in [0.717, 1.165) is 23.7 Å². The standard InChI is InChI=1S/C13H22O/c1-13(2,14)12-10-4-8-3-9(6-10)7-11(12)5-8/h8-12,14H,3-7H2,1-2H3. The minimum atomic E-state index is -0.428. The van der Waals surface area contributed by atoms with Crippen molar-refractivity contribution in [1.29, 1.82) is 0 Å². The summed E-state index contributed by atoms with van der Waals surface area (Å²) in [5.74, 6) is 4.36. The lowest BCUT2D eigenvalue weighted by Crippen LogP contribution is -2.52. The lowest BCUT2D eigenvalue weighted by Gasteiger charge is -2.57. The van der Waals surface area contributed by atoms with E-state index in [1.54, 1.807) is 0 Å². The first-order valence-electron chi connectivity index (χ1n) is 6.26. The normalized spacial score (nSPS) is 51.2. The second-order valence-electron chi connectivity index (χ2n) is 6.61. The van der Waals surface area contributed by atoms with E-state index in [1.807, 2.05) is 13.8 Å². The summed E-state index contributed by atoms with van der Waals surface area (Å²) < 4.78 is 0. The summed E-state index contributed by atoms with van der Waals surface area (Å²) in [4.78, 5) is 0. The molecule has 14 heavy (non-hydrogen) atoms. The Morgan fingerprint density at radius 2 is 1.29 bits per heavy atom. The Morgan fingerprint density at radius 1 is 0.857 bits per heavy atom. The van der Waals surface area contributed by atoms with Crippen molar-refractivity contribution in [2.24, 2.45) is 29.6 Å². The monoisotopic (exact) mass is 194 g/mol. The average Bonchev–Trinajstić information content (AvgIpc) is 1.97. The quantitative estimate of drug-likeness (QED) is 0.680. The van der Waals surface area contributed by atoms with Gasteiger partial charge in [0.2, 0.25) is 0 Å². The van der Waals surface area contributed by atoms with Gasteiger partial charge in [-0.2, -0.15) is 0 Å². The van der Waals surface area contributed by atoms with Gasteiger partial charge in [-0.3, -0.25) is 0 Å². The maximum Gasteiger partial charge on any atom is 0.0625 e. The maximum absolute atomic E-state index is 10.2. The molecule has 4 aliphatic rings. The van der Waals surface area contributed by atoms with Gasteiger partial charge in [-0.15, -0.1) is 0 Å². The Morgan fingerprint density at radius 3 is 1.64 bits per heavy atom. The first-order chi connectivity index (χ1) is 6.54. The Balaban J connectivity index is 1.88. The van der Waals surface area contributed by atoms with Gasteiger partial charge in [0, 0.05) is 0 Å². The van der Waals surface area contributed by atoms with Crippen LogP contribution in [0.2, 0.25) is 0 Å². The van der Waals surface area contributed by atoms with Crippen molar-refractivity contribution in [2.45, 2.75) is 51.6 Å². The molecule has 4 aliphatic carbocycles. The van der Waals surface area contributed by atoms with Gasteiger partial charge in [0.15, 0.2) is 0 Å². The molecule has 0 saturated heterocycles. The fourth-order valence-electron chi connectivity index (χ4n) is 5.08. The van der Waals surface area contributed by atoms with Gasteiger partial charge in [-0.05, 0) is 75.5 Å². The molecule has 80 valence electrons. The highest BCUT2D eigenvalue weighted by molar-refractivity contribution is 5.02. The molecule has 0 atom stereocenters. The van der Waals surface area contributed by atoms with Crippen molar-refractivity contribution in [1.82, 2.24) is 0 Å². The molecule has 1 nitrogen and oxygen atoms in total. The summed E-state index contributed by atoms with van der Waals surface area (Å²) in [6, 6.07) is 0. The molecule has 4 fully saturated rings. The van der Waals surface area contributed by atoms with Gasteiger partial charge >= 0.3 is 0 Å². The fraction of sp³-hybridized carbons (Fsp3) is 1.00. The number of hydrogen-bond donors (Lipinski definition) is 1. The molecule has 0 aliphatic heterocycles. The summed E-state index contributed by atoms with van der Waals surface area (Å²) in [7, 11) is 0. The van der Waals surface area contributed by atoms with E-state index >= 15 is 0 Å². The highest BCUT2D eigenvalue weighted by Crippen LogP contribution is 2.58. The Labute approximate surface area is 86.9 Å². The van der Waals surface area contributed by atoms with E-state index in [-0.39, 0.29) is 0 Å². The van der Waals surface area contributed by atoms with E-state index in [9.17, 15) is 5.11 Å². The predicted octanol–water partition coefficient (Wildman–Crippen LogP) is 2.83. The third kappa shape index (κ3) is 1.25. The first kappa shape index (κ1) is 9.21. The Kier molecular flexibility index (Phi) is 1.81. The zero-order valence-electron chi connectivity index (χ0n) is 9.37. The van der Waals surface area contributed by atoms with Crippen molar-refractivity contribution in [3.05, 3.63) is 0 Å². The molecular formula is C13H22O. The van der Waals surface area contributed by atoms with Crippen molar-refractivity contribution < 1.29 is 5.11 Å². The van der Waals surface area contributed by atoms with Crippen molar-refractivity contribution in [3.63, 3.8) is 0 Å². The van der Waals surface area contributed by atoms with Crippen LogP contribution in [0.1, 0.15) is 46.0 Å². The number of rotatable bonds is 1. The molecule has 4 bridgehead atoms. The fourth-order valence-corrected chi connectivity index (χ4v) is 5.08. The highest BCUT2D eigenvalue weighted by atomic mass is 16.3. The van der Waals surface area contributed by atoms with Crippen LogP contribution in [0.15, 0.2) is 0 Å². The Hall–Kier alpha value is -0.0400. The molecule has 1 N–H and O–H groups in total. The summed E-state index contributed by atoms with van der Waals surface area (Å²) in [6.45, 7) is 4.06. The summed E-state index contributed by atoms with van der Waals surface area (Å²) in [6.07, 6.45) is 7.18. The van der Waals surface area contributed by atoms with Gasteiger partial charge in [0.1, 0.15) is 0 Å². The van der Waals surface area contributed by atoms with Crippen molar-refractivity contribution >= 4 is 0 Å². The molecule has 0 spiro atoms. The number of hydrogen-bond acceptors (Lipinski definition) is 1. The molecule has 1 heteroatoms. The van der Waals surface area contributed by atoms with E-state index in [0.29, 0.717) is 5.92 Å². The topological polar surface area (TPSA) is 20.2 Å². The van der Waals surface area contributed by atoms with Crippen molar-refractivity contribution in [2.75, 3.05) is 0 Å². The Bertz CT molecular complexity index is 210. The molecule has 0 aromatic rings. The van der Waals surface area contributed by atoms with Crippen LogP contribution in [-0.4, -0.2) is 10.7 Å². The molecule has 0 radical (unpaired) electrons. The second kappa shape index (κ2) is 2.75. The second-order valence-corrected chi connectivity index (χ2v) is 6.61. The zero-order valence-corrected chi connectivity index (χ0v) is 9.37. The van der Waals surface area contributed by atoms with Crippen LogP contribution in [0.5, 0.6) is 0 Å². The van der Waals surface area contributed by atoms with Crippen LogP contribution in [0.25, 0.3) is 0 Å². The highest BCUT2D eigenvalue weighted by Gasteiger charge is 2.52. The van der Waals surface area contributed by atoms with E-state index in [1.165, 1.54) is 32.1 Å². The molecule has 0 aromatic carbocycles. The van der Waals surface area contributed by atoms with E-state index < -0.39 is 5.60 Å². The minimum absolute atomic E-state index is 0.428. The third-order valence-electron chi connectivity index (χ3n) is 5.04. The maximum atomic E-state index is 10.2. The van der Waals surface area contributed by atoms with Crippen LogP contribution in [0, 0.1) is 29.6 Å². The van der Waals surface area contributed by atoms with Gasteiger partial charge in [-0.1, -0.05) is 0 Å². The minimum Gasteiger partial charge on any atom is -0.390 e. The SMILES string of the molecule is CC(C)(O)C1C2CC3CC(C2)CC1C3. The van der Waals surface area contributed by atoms with Crippen LogP contribution >= 0.6 is 0 Å². The lowest BCUT2D eigenvalue weighted by atomic mass is 9.49. The molecular weight excluding hydrogens is 172 g/mol. The van der Waals surface area contributed by atoms with Crippen LogP contribution < -0.4 is 0 Å². The smallest absolute Gasteiger partial charge is 0.0625 e.